The molecule has 1 unspecified atom stereocenters. The Kier molecular flexibility index (Phi) is 4.12. The highest BCUT2D eigenvalue weighted by atomic mass is 16.5. The zero-order chi connectivity index (χ0) is 15.4. The van der Waals surface area contributed by atoms with Gasteiger partial charge in [0.2, 0.25) is 0 Å². The van der Waals surface area contributed by atoms with Gasteiger partial charge in [-0.2, -0.15) is 5.26 Å². The van der Waals surface area contributed by atoms with Crippen LogP contribution in [0.4, 0.5) is 11.5 Å². The highest BCUT2D eigenvalue weighted by molar-refractivity contribution is 5.61. The maximum atomic E-state index is 8.83. The first-order chi connectivity index (χ1) is 10.8. The summed E-state index contributed by atoms with van der Waals surface area (Å²) in [5.74, 6) is 0.805. The number of nitrogens with zero attached hydrogens (tertiary/aromatic N) is 3. The summed E-state index contributed by atoms with van der Waals surface area (Å²) in [4.78, 5) is 8.71. The summed E-state index contributed by atoms with van der Waals surface area (Å²) in [6, 6.07) is 9.40. The Hall–Kier alpha value is -2.71. The molecule has 1 N–H and O–H groups in total. The van der Waals surface area contributed by atoms with Crippen LogP contribution in [-0.4, -0.2) is 16.6 Å². The van der Waals surface area contributed by atoms with Gasteiger partial charge in [0.15, 0.2) is 0 Å². The molecule has 1 aromatic carbocycles. The molecule has 5 heteroatoms. The summed E-state index contributed by atoms with van der Waals surface area (Å²) < 4.78 is 5.74. The maximum Gasteiger partial charge on any atom is 0.137 e. The molecule has 5 nitrogen and oxygen atoms in total. The lowest BCUT2D eigenvalue weighted by atomic mass is 10.2. The summed E-state index contributed by atoms with van der Waals surface area (Å²) in [5, 5.41) is 12.1. The number of aromatic nitrogens is 2. The van der Waals surface area contributed by atoms with Crippen molar-refractivity contribution in [1.82, 2.24) is 9.97 Å². The van der Waals surface area contributed by atoms with Crippen molar-refractivity contribution >= 4 is 11.5 Å². The molecule has 2 aromatic rings. The van der Waals surface area contributed by atoms with Gasteiger partial charge in [-0.05, 0) is 37.1 Å². The van der Waals surface area contributed by atoms with Gasteiger partial charge in [-0.25, -0.2) is 9.97 Å². The minimum atomic E-state index is 0.0116. The standard InChI is InChI=1S/C17H16N4O/c1-2-9-22-15-8-7-14-16(15)19-11-20-17(14)21-13-5-3-12(10-18)4-6-13/h2-6,11,15H,1,7-9H2,(H,19,20,21). The fourth-order valence-electron chi connectivity index (χ4n) is 2.58. The first-order valence-corrected chi connectivity index (χ1v) is 7.15. The van der Waals surface area contributed by atoms with Crippen LogP contribution in [0.25, 0.3) is 0 Å². The van der Waals surface area contributed by atoms with E-state index < -0.39 is 0 Å². The van der Waals surface area contributed by atoms with E-state index in [9.17, 15) is 0 Å². The quantitative estimate of drug-likeness (QED) is 0.856. The second-order valence-electron chi connectivity index (χ2n) is 5.05. The predicted molar refractivity (Wildman–Crippen MR) is 83.7 cm³/mol. The van der Waals surface area contributed by atoms with Crippen LogP contribution in [0.5, 0.6) is 0 Å². The Balaban J connectivity index is 1.82. The minimum Gasteiger partial charge on any atom is -0.368 e. The Morgan fingerprint density at radius 1 is 1.36 bits per heavy atom. The molecule has 1 aliphatic rings. The number of hydrogen-bond donors (Lipinski definition) is 1. The van der Waals surface area contributed by atoms with Crippen molar-refractivity contribution in [1.29, 1.82) is 5.26 Å². The topological polar surface area (TPSA) is 70.8 Å². The number of ether oxygens (including phenoxy) is 1. The van der Waals surface area contributed by atoms with Crippen LogP contribution in [0.1, 0.15) is 29.3 Å². The predicted octanol–water partition coefficient (Wildman–Crippen LogP) is 3.28. The molecule has 0 saturated heterocycles. The van der Waals surface area contributed by atoms with Gasteiger partial charge in [0.25, 0.3) is 0 Å². The van der Waals surface area contributed by atoms with E-state index in [-0.39, 0.29) is 6.10 Å². The second kappa shape index (κ2) is 6.37. The minimum absolute atomic E-state index is 0.0116. The van der Waals surface area contributed by atoms with E-state index in [1.165, 1.54) is 0 Å². The van der Waals surface area contributed by atoms with Crippen molar-refractivity contribution in [3.05, 3.63) is 60.1 Å². The van der Waals surface area contributed by atoms with E-state index in [2.05, 4.69) is 27.9 Å². The molecule has 3 rings (SSSR count). The number of hydrogen-bond acceptors (Lipinski definition) is 5. The number of anilines is 2. The Bertz CT molecular complexity index is 718. The molecule has 0 bridgehead atoms. The molecule has 0 saturated carbocycles. The molecule has 1 aliphatic carbocycles. The third-order valence-corrected chi connectivity index (χ3v) is 3.63. The average molecular weight is 292 g/mol. The van der Waals surface area contributed by atoms with E-state index in [4.69, 9.17) is 10.00 Å². The molecule has 0 spiro atoms. The monoisotopic (exact) mass is 292 g/mol. The largest absolute Gasteiger partial charge is 0.368 e. The van der Waals surface area contributed by atoms with Gasteiger partial charge in [0.1, 0.15) is 18.2 Å². The van der Waals surface area contributed by atoms with Gasteiger partial charge < -0.3 is 10.1 Å². The third kappa shape index (κ3) is 2.83. The normalized spacial score (nSPS) is 15.9. The Morgan fingerprint density at radius 3 is 2.91 bits per heavy atom. The molecule has 0 amide bonds. The average Bonchev–Trinajstić information content (AvgIpc) is 2.98. The van der Waals surface area contributed by atoms with Crippen LogP contribution in [0.3, 0.4) is 0 Å². The van der Waals surface area contributed by atoms with Crippen molar-refractivity contribution in [2.75, 3.05) is 11.9 Å². The first-order valence-electron chi connectivity index (χ1n) is 7.15. The van der Waals surface area contributed by atoms with Gasteiger partial charge in [-0.3, -0.25) is 0 Å². The maximum absolute atomic E-state index is 8.83. The van der Waals surface area contributed by atoms with Crippen molar-refractivity contribution in [3.8, 4) is 6.07 Å². The summed E-state index contributed by atoms with van der Waals surface area (Å²) in [6.45, 7) is 4.19. The number of benzene rings is 1. The number of fused-ring (bicyclic) bond motifs is 1. The SMILES string of the molecule is C=CCOC1CCc2c(Nc3ccc(C#N)cc3)ncnc21. The summed E-state index contributed by atoms with van der Waals surface area (Å²) in [7, 11) is 0. The van der Waals surface area contributed by atoms with Crippen LogP contribution >= 0.6 is 0 Å². The van der Waals surface area contributed by atoms with Crippen LogP contribution in [-0.2, 0) is 11.2 Å². The van der Waals surface area contributed by atoms with Crippen molar-refractivity contribution in [3.63, 3.8) is 0 Å². The van der Waals surface area contributed by atoms with Crippen LogP contribution in [0, 0.1) is 11.3 Å². The van der Waals surface area contributed by atoms with Crippen LogP contribution in [0.15, 0.2) is 43.2 Å². The Morgan fingerprint density at radius 2 is 2.18 bits per heavy atom. The van der Waals surface area contributed by atoms with Gasteiger partial charge in [0.05, 0.1) is 23.9 Å². The molecule has 0 radical (unpaired) electrons. The van der Waals surface area contributed by atoms with Crippen molar-refractivity contribution in [2.24, 2.45) is 0 Å². The Labute approximate surface area is 129 Å². The van der Waals surface area contributed by atoms with Crippen LogP contribution < -0.4 is 5.32 Å². The zero-order valence-electron chi connectivity index (χ0n) is 12.1. The van der Waals surface area contributed by atoms with Crippen molar-refractivity contribution < 1.29 is 4.74 Å². The van der Waals surface area contributed by atoms with E-state index in [0.717, 1.165) is 35.6 Å². The lowest BCUT2D eigenvalue weighted by Gasteiger charge is -2.12. The lowest BCUT2D eigenvalue weighted by molar-refractivity contribution is 0.0729. The summed E-state index contributed by atoms with van der Waals surface area (Å²) >= 11 is 0. The number of nitriles is 1. The third-order valence-electron chi connectivity index (χ3n) is 3.63. The van der Waals surface area contributed by atoms with Gasteiger partial charge in [-0.15, -0.1) is 6.58 Å². The van der Waals surface area contributed by atoms with E-state index in [1.807, 2.05) is 12.1 Å². The summed E-state index contributed by atoms with van der Waals surface area (Å²) in [6.07, 6.45) is 5.10. The van der Waals surface area contributed by atoms with Crippen LogP contribution in [0.2, 0.25) is 0 Å². The molecular formula is C17H16N4O. The molecule has 1 aromatic heterocycles. The highest BCUT2D eigenvalue weighted by Crippen LogP contribution is 2.36. The molecule has 1 atom stereocenters. The van der Waals surface area contributed by atoms with E-state index in [0.29, 0.717) is 12.2 Å². The number of nitrogens with one attached hydrogen (secondary N) is 1. The fourth-order valence-corrected chi connectivity index (χ4v) is 2.58. The van der Waals surface area contributed by atoms with Gasteiger partial charge in [-0.1, -0.05) is 6.08 Å². The molecule has 1 heterocycles. The number of rotatable bonds is 5. The van der Waals surface area contributed by atoms with E-state index in [1.54, 1.807) is 24.5 Å². The zero-order valence-corrected chi connectivity index (χ0v) is 12.1. The lowest BCUT2D eigenvalue weighted by Crippen LogP contribution is -2.05. The molecule has 0 aliphatic heterocycles. The fraction of sp³-hybridized carbons (Fsp3) is 0.235. The highest BCUT2D eigenvalue weighted by Gasteiger charge is 2.27. The molecule has 110 valence electrons. The summed E-state index contributed by atoms with van der Waals surface area (Å²) in [5.41, 5.74) is 3.58. The second-order valence-corrected chi connectivity index (χ2v) is 5.05. The van der Waals surface area contributed by atoms with Gasteiger partial charge in [0, 0.05) is 11.3 Å². The van der Waals surface area contributed by atoms with Crippen molar-refractivity contribution in [2.45, 2.75) is 18.9 Å². The molecule has 22 heavy (non-hydrogen) atoms. The van der Waals surface area contributed by atoms with E-state index >= 15 is 0 Å². The smallest absolute Gasteiger partial charge is 0.137 e. The first kappa shape index (κ1) is 14.2. The molecular weight excluding hydrogens is 276 g/mol. The molecule has 0 fully saturated rings. The van der Waals surface area contributed by atoms with Gasteiger partial charge >= 0.3 is 0 Å².